The third-order valence-corrected chi connectivity index (χ3v) is 7.32. The Morgan fingerprint density at radius 3 is 2.79 bits per heavy atom. The first-order valence-corrected chi connectivity index (χ1v) is 11.7. The minimum absolute atomic E-state index is 0.191. The zero-order chi connectivity index (χ0) is 24.1. The van der Waals surface area contributed by atoms with Crippen molar-refractivity contribution in [3.05, 3.63) is 47.9 Å². The molecule has 0 aliphatic carbocycles. The topological polar surface area (TPSA) is 112 Å². The molecule has 2 aliphatic rings. The predicted octanol–water partition coefficient (Wildman–Crippen LogP) is 2.65. The van der Waals surface area contributed by atoms with E-state index >= 15 is 0 Å². The SMILES string of the molecule is CC(C)(O)[C@@]1(C)Cc2cc(NC(=O)c3cnn4cccnc34)c(N3CCC(CO)CC3)cc2O1. The first-order chi connectivity index (χ1) is 16.2. The molecule has 3 N–H and O–H groups in total. The Bertz CT molecular complexity index is 1230. The van der Waals surface area contributed by atoms with E-state index in [2.05, 4.69) is 20.3 Å². The number of hydrogen-bond donors (Lipinski definition) is 3. The number of anilines is 2. The van der Waals surface area contributed by atoms with Crippen molar-refractivity contribution in [2.24, 2.45) is 5.92 Å². The molecule has 1 amide bonds. The van der Waals surface area contributed by atoms with Crippen molar-refractivity contribution in [2.45, 2.75) is 51.2 Å². The van der Waals surface area contributed by atoms with Gasteiger partial charge in [0.15, 0.2) is 5.65 Å². The minimum Gasteiger partial charge on any atom is -0.484 e. The summed E-state index contributed by atoms with van der Waals surface area (Å²) in [5, 5.41) is 27.6. The highest BCUT2D eigenvalue weighted by Gasteiger charge is 2.47. The van der Waals surface area contributed by atoms with Gasteiger partial charge in [-0.2, -0.15) is 5.10 Å². The van der Waals surface area contributed by atoms with Crippen molar-refractivity contribution in [1.82, 2.24) is 14.6 Å². The third-order valence-electron chi connectivity index (χ3n) is 7.32. The average Bonchev–Trinajstić information content (AvgIpc) is 3.39. The summed E-state index contributed by atoms with van der Waals surface area (Å²) in [4.78, 5) is 19.8. The van der Waals surface area contributed by atoms with Gasteiger partial charge in [-0.25, -0.2) is 9.50 Å². The molecule has 180 valence electrons. The quantitative estimate of drug-likeness (QED) is 0.531. The summed E-state index contributed by atoms with van der Waals surface area (Å²) in [5.41, 5.74) is 1.56. The van der Waals surface area contributed by atoms with Gasteiger partial charge in [0.05, 0.1) is 23.2 Å². The third kappa shape index (κ3) is 3.88. The van der Waals surface area contributed by atoms with E-state index in [-0.39, 0.29) is 12.5 Å². The number of piperidine rings is 1. The maximum atomic E-state index is 13.3. The van der Waals surface area contributed by atoms with Crippen LogP contribution in [0, 0.1) is 5.92 Å². The molecule has 3 aromatic rings. The number of aromatic nitrogens is 3. The highest BCUT2D eigenvalue weighted by Crippen LogP contribution is 2.45. The molecule has 9 nitrogen and oxygen atoms in total. The molecule has 4 heterocycles. The molecule has 1 fully saturated rings. The standard InChI is InChI=1S/C25H31N5O4/c1-24(2,33)25(3)13-17-11-19(28-23(32)18-14-27-30-8-4-7-26-22(18)30)20(12-21(17)34-25)29-9-5-16(15-31)6-10-29/h4,7-8,11-12,14,16,31,33H,5-6,9-10,13,15H2,1-3H3,(H,28,32)/t25-/m1/s1. The first kappa shape index (κ1) is 22.6. The second-order valence-corrected chi connectivity index (χ2v) is 10.1. The van der Waals surface area contributed by atoms with Crippen LogP contribution in [0.5, 0.6) is 5.75 Å². The van der Waals surface area contributed by atoms with Crippen LogP contribution in [0.3, 0.4) is 0 Å². The number of hydrogen-bond acceptors (Lipinski definition) is 7. The first-order valence-electron chi connectivity index (χ1n) is 11.7. The van der Waals surface area contributed by atoms with Crippen LogP contribution in [0.2, 0.25) is 0 Å². The molecule has 0 saturated carbocycles. The number of carbonyl (C=O) groups is 1. The van der Waals surface area contributed by atoms with Crippen LogP contribution in [0.4, 0.5) is 11.4 Å². The van der Waals surface area contributed by atoms with E-state index in [0.717, 1.165) is 42.9 Å². The Morgan fingerprint density at radius 2 is 2.09 bits per heavy atom. The molecule has 0 bridgehead atoms. The van der Waals surface area contributed by atoms with Gasteiger partial charge in [-0.3, -0.25) is 4.79 Å². The van der Waals surface area contributed by atoms with Crippen molar-refractivity contribution in [3.63, 3.8) is 0 Å². The Balaban J connectivity index is 1.50. The molecule has 1 saturated heterocycles. The number of amides is 1. The lowest BCUT2D eigenvalue weighted by molar-refractivity contribution is -0.0900. The molecule has 1 aromatic carbocycles. The molecule has 34 heavy (non-hydrogen) atoms. The fourth-order valence-corrected chi connectivity index (χ4v) is 4.73. The molecular formula is C25H31N5O4. The van der Waals surface area contributed by atoms with Crippen LogP contribution in [-0.4, -0.2) is 61.6 Å². The van der Waals surface area contributed by atoms with Gasteiger partial charge in [-0.05, 0) is 51.7 Å². The second kappa shape index (κ2) is 8.25. The van der Waals surface area contributed by atoms with Crippen molar-refractivity contribution in [3.8, 4) is 5.75 Å². The van der Waals surface area contributed by atoms with E-state index < -0.39 is 11.2 Å². The predicted molar refractivity (Wildman–Crippen MR) is 128 cm³/mol. The number of nitrogens with one attached hydrogen (secondary N) is 1. The smallest absolute Gasteiger partial charge is 0.261 e. The highest BCUT2D eigenvalue weighted by atomic mass is 16.5. The molecule has 5 rings (SSSR count). The largest absolute Gasteiger partial charge is 0.484 e. The zero-order valence-corrected chi connectivity index (χ0v) is 19.8. The van der Waals surface area contributed by atoms with Gasteiger partial charge in [0.25, 0.3) is 5.91 Å². The second-order valence-electron chi connectivity index (χ2n) is 10.1. The molecule has 2 aromatic heterocycles. The van der Waals surface area contributed by atoms with Crippen LogP contribution in [0.25, 0.3) is 5.65 Å². The van der Waals surface area contributed by atoms with Crippen LogP contribution < -0.4 is 15.0 Å². The number of ether oxygens (including phenoxy) is 1. The van der Waals surface area contributed by atoms with Crippen LogP contribution in [0.1, 0.15) is 49.5 Å². The van der Waals surface area contributed by atoms with Crippen LogP contribution in [0.15, 0.2) is 36.8 Å². The van der Waals surface area contributed by atoms with Gasteiger partial charge in [-0.15, -0.1) is 0 Å². The number of aliphatic hydroxyl groups excluding tert-OH is 1. The van der Waals surface area contributed by atoms with Crippen LogP contribution >= 0.6 is 0 Å². The summed E-state index contributed by atoms with van der Waals surface area (Å²) in [6, 6.07) is 5.68. The number of rotatable bonds is 5. The molecule has 2 aliphatic heterocycles. The van der Waals surface area contributed by atoms with Crippen LogP contribution in [-0.2, 0) is 6.42 Å². The van der Waals surface area contributed by atoms with E-state index in [1.54, 1.807) is 36.8 Å². The summed E-state index contributed by atoms with van der Waals surface area (Å²) in [6.07, 6.45) is 7.18. The number of aliphatic hydroxyl groups is 2. The van der Waals surface area contributed by atoms with Gasteiger partial charge in [0.2, 0.25) is 0 Å². The number of nitrogens with zero attached hydrogens (tertiary/aromatic N) is 4. The van der Waals surface area contributed by atoms with E-state index in [4.69, 9.17) is 4.74 Å². The summed E-state index contributed by atoms with van der Waals surface area (Å²) in [7, 11) is 0. The Hall–Kier alpha value is -3.17. The fourth-order valence-electron chi connectivity index (χ4n) is 4.73. The maximum absolute atomic E-state index is 13.3. The molecule has 0 radical (unpaired) electrons. The summed E-state index contributed by atoms with van der Waals surface area (Å²) in [5.74, 6) is 0.729. The number of benzene rings is 1. The van der Waals surface area contributed by atoms with E-state index in [1.807, 2.05) is 19.1 Å². The number of fused-ring (bicyclic) bond motifs is 2. The lowest BCUT2D eigenvalue weighted by Gasteiger charge is -2.36. The summed E-state index contributed by atoms with van der Waals surface area (Å²) < 4.78 is 7.84. The molecular weight excluding hydrogens is 434 g/mol. The maximum Gasteiger partial charge on any atom is 0.261 e. The Labute approximate surface area is 198 Å². The zero-order valence-electron chi connectivity index (χ0n) is 19.8. The molecule has 1 atom stereocenters. The summed E-state index contributed by atoms with van der Waals surface area (Å²) in [6.45, 7) is 7.14. The van der Waals surface area contributed by atoms with Crippen molar-refractivity contribution in [2.75, 3.05) is 29.9 Å². The minimum atomic E-state index is -1.04. The van der Waals surface area contributed by atoms with Gasteiger partial charge >= 0.3 is 0 Å². The van der Waals surface area contributed by atoms with Gasteiger partial charge in [0.1, 0.15) is 16.9 Å². The lowest BCUT2D eigenvalue weighted by atomic mass is 9.84. The molecule has 0 unspecified atom stereocenters. The van der Waals surface area contributed by atoms with Gasteiger partial charge in [0, 0.05) is 50.1 Å². The summed E-state index contributed by atoms with van der Waals surface area (Å²) >= 11 is 0. The van der Waals surface area contributed by atoms with E-state index in [1.165, 1.54) is 6.20 Å². The fraction of sp³-hybridized carbons (Fsp3) is 0.480. The van der Waals surface area contributed by atoms with E-state index in [0.29, 0.717) is 29.2 Å². The van der Waals surface area contributed by atoms with E-state index in [9.17, 15) is 15.0 Å². The van der Waals surface area contributed by atoms with Crippen molar-refractivity contribution >= 4 is 22.9 Å². The highest BCUT2D eigenvalue weighted by molar-refractivity contribution is 6.09. The van der Waals surface area contributed by atoms with Gasteiger partial charge < -0.3 is 25.2 Å². The van der Waals surface area contributed by atoms with Crippen molar-refractivity contribution < 1.29 is 19.7 Å². The lowest BCUT2D eigenvalue weighted by Crippen LogP contribution is -2.51. The van der Waals surface area contributed by atoms with Crippen molar-refractivity contribution in [1.29, 1.82) is 0 Å². The average molecular weight is 466 g/mol. The molecule has 0 spiro atoms. The van der Waals surface area contributed by atoms with Gasteiger partial charge in [-0.1, -0.05) is 0 Å². The Morgan fingerprint density at radius 1 is 1.32 bits per heavy atom. The number of carbonyl (C=O) groups excluding carboxylic acids is 1. The normalized spacial score (nSPS) is 20.9. The Kier molecular flexibility index (Phi) is 5.49. The monoisotopic (exact) mass is 465 g/mol. The molecule has 9 heteroatoms.